The Labute approximate surface area is 88.2 Å². The summed E-state index contributed by atoms with van der Waals surface area (Å²) in [6, 6.07) is 13.9. The number of rotatable bonds is 0. The average Bonchev–Trinajstić information content (AvgIpc) is 2.88. The van der Waals surface area contributed by atoms with Crippen molar-refractivity contribution in [2.24, 2.45) is 0 Å². The molecule has 15 heavy (non-hydrogen) atoms. The van der Waals surface area contributed by atoms with E-state index in [1.165, 1.54) is 10.8 Å². The Morgan fingerprint density at radius 2 is 1.53 bits per heavy atom. The predicted octanol–water partition coefficient (Wildman–Crippen LogP) is 3.51. The lowest BCUT2D eigenvalue weighted by molar-refractivity contribution is 0.567. The molecule has 0 aliphatic heterocycles. The van der Waals surface area contributed by atoms with Gasteiger partial charge >= 0.3 is 0 Å². The summed E-state index contributed by atoms with van der Waals surface area (Å²) in [6.45, 7) is 0. The third-order valence-corrected chi connectivity index (χ3v) is 1.98. The Morgan fingerprint density at radius 1 is 0.800 bits per heavy atom. The zero-order chi connectivity index (χ0) is 10.3. The van der Waals surface area contributed by atoms with E-state index in [0.29, 0.717) is 0 Å². The number of nitrogens with zero attached hydrogens (tertiary/aromatic N) is 1. The summed E-state index contributed by atoms with van der Waals surface area (Å²) < 4.78 is 4.58. The summed E-state index contributed by atoms with van der Waals surface area (Å²) in [4.78, 5) is 4.01. The quantitative estimate of drug-likeness (QED) is 0.551. The van der Waals surface area contributed by atoms with Crippen molar-refractivity contribution >= 4 is 10.8 Å². The molecule has 74 valence electrons. The van der Waals surface area contributed by atoms with Gasteiger partial charge in [0.2, 0.25) is 0 Å². The van der Waals surface area contributed by atoms with Gasteiger partial charge in [0, 0.05) is 12.4 Å². The maximum Gasteiger partial charge on any atom is 0.0902 e. The van der Waals surface area contributed by atoms with Gasteiger partial charge in [-0.2, -0.15) is 0 Å². The predicted molar refractivity (Wildman–Crippen MR) is 60.5 cm³/mol. The molecule has 2 heteroatoms. The van der Waals surface area contributed by atoms with Crippen LogP contribution in [0.2, 0.25) is 0 Å². The summed E-state index contributed by atoms with van der Waals surface area (Å²) in [6.07, 6.45) is 6.93. The molecule has 0 saturated heterocycles. The lowest BCUT2D eigenvalue weighted by Gasteiger charge is -1.91. The summed E-state index contributed by atoms with van der Waals surface area (Å²) in [5, 5.41) is 2.45. The normalized spacial score (nSPS) is 9.33. The van der Waals surface area contributed by atoms with Crippen LogP contribution in [-0.4, -0.2) is 4.98 Å². The second-order valence-corrected chi connectivity index (χ2v) is 3.02. The fraction of sp³-hybridized carbons (Fsp3) is 0. The molecule has 0 aliphatic carbocycles. The second kappa shape index (κ2) is 4.96. The number of hydrogen-bond donors (Lipinski definition) is 0. The molecule has 0 N–H and O–H groups in total. The molecule has 0 aliphatic rings. The fourth-order valence-electron chi connectivity index (χ4n) is 1.25. The Bertz CT molecular complexity index is 420. The van der Waals surface area contributed by atoms with Crippen molar-refractivity contribution < 1.29 is 4.42 Å². The van der Waals surface area contributed by atoms with Gasteiger partial charge in [0.15, 0.2) is 0 Å². The van der Waals surface area contributed by atoms with Crippen LogP contribution in [-0.2, 0) is 0 Å². The molecule has 0 bridgehead atoms. The first-order chi connectivity index (χ1) is 7.47. The molecule has 0 unspecified atom stereocenters. The van der Waals surface area contributed by atoms with E-state index in [-0.39, 0.29) is 0 Å². The number of furan rings is 1. The van der Waals surface area contributed by atoms with Gasteiger partial charge in [0.1, 0.15) is 0 Å². The van der Waals surface area contributed by atoms with Crippen LogP contribution in [0, 0.1) is 0 Å². The van der Waals surface area contributed by atoms with Crippen LogP contribution in [0.25, 0.3) is 10.8 Å². The SMILES string of the molecule is c1ccc2cnccc2c1.c1ccoc1. The Hall–Kier alpha value is -2.09. The molecule has 0 atom stereocenters. The van der Waals surface area contributed by atoms with Crippen molar-refractivity contribution in [3.63, 3.8) is 0 Å². The van der Waals surface area contributed by atoms with Crippen molar-refractivity contribution in [1.82, 2.24) is 4.98 Å². The molecule has 3 rings (SSSR count). The van der Waals surface area contributed by atoms with Crippen molar-refractivity contribution in [1.29, 1.82) is 0 Å². The van der Waals surface area contributed by atoms with E-state index in [2.05, 4.69) is 21.5 Å². The average molecular weight is 197 g/mol. The Morgan fingerprint density at radius 3 is 2.13 bits per heavy atom. The molecule has 0 fully saturated rings. The number of hydrogen-bond acceptors (Lipinski definition) is 2. The fourth-order valence-corrected chi connectivity index (χ4v) is 1.25. The molecule has 2 nitrogen and oxygen atoms in total. The molecule has 2 aromatic heterocycles. The van der Waals surface area contributed by atoms with Crippen molar-refractivity contribution in [2.45, 2.75) is 0 Å². The van der Waals surface area contributed by atoms with Crippen molar-refractivity contribution in [2.75, 3.05) is 0 Å². The highest BCUT2D eigenvalue weighted by atomic mass is 16.3. The highest BCUT2D eigenvalue weighted by Crippen LogP contribution is 2.09. The summed E-state index contributed by atoms with van der Waals surface area (Å²) in [5.74, 6) is 0. The van der Waals surface area contributed by atoms with Gasteiger partial charge in [-0.25, -0.2) is 0 Å². The molecule has 0 spiro atoms. The topological polar surface area (TPSA) is 26.0 Å². The van der Waals surface area contributed by atoms with E-state index in [1.807, 2.05) is 42.7 Å². The molecular formula is C13H11NO. The zero-order valence-electron chi connectivity index (χ0n) is 8.21. The highest BCUT2D eigenvalue weighted by Gasteiger charge is 1.86. The van der Waals surface area contributed by atoms with Gasteiger partial charge in [-0.05, 0) is 29.0 Å². The molecule has 3 aromatic rings. The molecule has 1 aromatic carbocycles. The van der Waals surface area contributed by atoms with E-state index in [0.717, 1.165) is 0 Å². The van der Waals surface area contributed by atoms with Crippen LogP contribution in [0.5, 0.6) is 0 Å². The largest absolute Gasteiger partial charge is 0.473 e. The van der Waals surface area contributed by atoms with E-state index in [1.54, 1.807) is 12.5 Å². The van der Waals surface area contributed by atoms with Crippen molar-refractivity contribution in [3.8, 4) is 0 Å². The van der Waals surface area contributed by atoms with E-state index in [9.17, 15) is 0 Å². The van der Waals surface area contributed by atoms with E-state index < -0.39 is 0 Å². The first kappa shape index (κ1) is 9.46. The molecule has 0 saturated carbocycles. The molecule has 0 amide bonds. The monoisotopic (exact) mass is 197 g/mol. The smallest absolute Gasteiger partial charge is 0.0902 e. The second-order valence-electron chi connectivity index (χ2n) is 3.02. The maximum absolute atomic E-state index is 4.58. The minimum absolute atomic E-state index is 1.20. The van der Waals surface area contributed by atoms with Gasteiger partial charge in [-0.3, -0.25) is 4.98 Å². The van der Waals surface area contributed by atoms with E-state index in [4.69, 9.17) is 0 Å². The third-order valence-electron chi connectivity index (χ3n) is 1.98. The van der Waals surface area contributed by atoms with Crippen LogP contribution in [0.3, 0.4) is 0 Å². The minimum Gasteiger partial charge on any atom is -0.473 e. The maximum atomic E-state index is 4.58. The van der Waals surface area contributed by atoms with Gasteiger partial charge in [0.05, 0.1) is 12.5 Å². The lowest BCUT2D eigenvalue weighted by Crippen LogP contribution is -1.71. The van der Waals surface area contributed by atoms with E-state index >= 15 is 0 Å². The first-order valence-electron chi connectivity index (χ1n) is 4.73. The van der Waals surface area contributed by atoms with Gasteiger partial charge in [-0.15, -0.1) is 0 Å². The summed E-state index contributed by atoms with van der Waals surface area (Å²) >= 11 is 0. The number of aromatic nitrogens is 1. The summed E-state index contributed by atoms with van der Waals surface area (Å²) in [7, 11) is 0. The van der Waals surface area contributed by atoms with Crippen LogP contribution in [0.15, 0.2) is 71.8 Å². The number of benzene rings is 1. The standard InChI is InChI=1S/C9H7N.C4H4O/c1-2-4-9-7-10-6-5-8(9)3-1;1-2-4-5-3-1/h1-7H;1-4H. The molecule has 2 heterocycles. The van der Waals surface area contributed by atoms with Crippen LogP contribution in [0.1, 0.15) is 0 Å². The zero-order valence-corrected chi connectivity index (χ0v) is 8.21. The van der Waals surface area contributed by atoms with Crippen LogP contribution < -0.4 is 0 Å². The van der Waals surface area contributed by atoms with Crippen LogP contribution in [0.4, 0.5) is 0 Å². The molecule has 0 radical (unpaired) electrons. The summed E-state index contributed by atoms with van der Waals surface area (Å²) in [5.41, 5.74) is 0. The molecular weight excluding hydrogens is 186 g/mol. The Balaban J connectivity index is 0.000000144. The van der Waals surface area contributed by atoms with Gasteiger partial charge in [-0.1, -0.05) is 24.3 Å². The van der Waals surface area contributed by atoms with Gasteiger partial charge in [0.25, 0.3) is 0 Å². The van der Waals surface area contributed by atoms with Crippen molar-refractivity contribution in [3.05, 3.63) is 67.4 Å². The third kappa shape index (κ3) is 2.68. The first-order valence-corrected chi connectivity index (χ1v) is 4.73. The highest BCUT2D eigenvalue weighted by molar-refractivity contribution is 5.80. The number of fused-ring (bicyclic) bond motifs is 1. The van der Waals surface area contributed by atoms with Gasteiger partial charge < -0.3 is 4.42 Å². The minimum atomic E-state index is 1.20. The van der Waals surface area contributed by atoms with Crippen LogP contribution >= 0.6 is 0 Å². The number of pyridine rings is 1. The Kier molecular flexibility index (Phi) is 3.13. The lowest BCUT2D eigenvalue weighted by atomic mass is 10.2.